The second kappa shape index (κ2) is 6.28. The van der Waals surface area contributed by atoms with Crippen LogP contribution in [-0.2, 0) is 11.2 Å². The topological polar surface area (TPSA) is 79.5 Å². The Morgan fingerprint density at radius 1 is 1.35 bits per heavy atom. The third kappa shape index (κ3) is 2.95. The summed E-state index contributed by atoms with van der Waals surface area (Å²) in [7, 11) is 0. The van der Waals surface area contributed by atoms with E-state index in [1.807, 2.05) is 25.1 Å². The largest absolute Gasteiger partial charge is 0.480 e. The molecule has 1 aliphatic heterocycles. The second-order valence-electron chi connectivity index (χ2n) is 5.79. The minimum absolute atomic E-state index is 0.383. The maximum absolute atomic E-state index is 12.7. The van der Waals surface area contributed by atoms with Crippen LogP contribution < -0.4 is 5.32 Å². The van der Waals surface area contributed by atoms with Gasteiger partial charge in [-0.25, -0.2) is 4.79 Å². The Labute approximate surface area is 138 Å². The summed E-state index contributed by atoms with van der Waals surface area (Å²) in [6.45, 7) is 2.04. The Hall–Kier alpha value is -1.95. The fourth-order valence-electron chi connectivity index (χ4n) is 2.87. The van der Waals surface area contributed by atoms with Gasteiger partial charge in [0.2, 0.25) is 0 Å². The summed E-state index contributed by atoms with van der Waals surface area (Å²) in [4.78, 5) is 24.4. The number of thioether (sulfide) groups is 1. The highest BCUT2D eigenvalue weighted by Gasteiger charge is 2.41. The Morgan fingerprint density at radius 3 is 2.74 bits per heavy atom. The van der Waals surface area contributed by atoms with Gasteiger partial charge in [-0.1, -0.05) is 13.0 Å². The third-order valence-electron chi connectivity index (χ3n) is 4.40. The zero-order chi connectivity index (χ0) is 16.4. The van der Waals surface area contributed by atoms with Gasteiger partial charge in [-0.3, -0.25) is 4.79 Å². The Morgan fingerprint density at radius 2 is 2.09 bits per heavy atom. The summed E-state index contributed by atoms with van der Waals surface area (Å²) in [5, 5.41) is 13.1. The number of hydrogen-bond donors (Lipinski definition) is 2. The summed E-state index contributed by atoms with van der Waals surface area (Å²) in [5.41, 5.74) is 0.967. The molecule has 0 radical (unpaired) electrons. The minimum atomic E-state index is -1.17. The molecule has 6 heteroatoms. The molecular weight excluding hydrogens is 314 g/mol. The van der Waals surface area contributed by atoms with E-state index in [9.17, 15) is 14.7 Å². The van der Waals surface area contributed by atoms with E-state index in [0.29, 0.717) is 24.0 Å². The predicted octanol–water partition coefficient (Wildman–Crippen LogP) is 3.08. The van der Waals surface area contributed by atoms with Crippen LogP contribution in [0.2, 0.25) is 0 Å². The fourth-order valence-corrected chi connectivity index (χ4v) is 4.06. The fraction of sp³-hybridized carbons (Fsp3) is 0.412. The lowest BCUT2D eigenvalue weighted by molar-refractivity contribution is -0.144. The maximum Gasteiger partial charge on any atom is 0.329 e. The first-order chi connectivity index (χ1) is 11.1. The molecule has 2 heterocycles. The lowest BCUT2D eigenvalue weighted by atomic mass is 9.91. The van der Waals surface area contributed by atoms with E-state index in [1.165, 1.54) is 6.26 Å². The van der Waals surface area contributed by atoms with E-state index >= 15 is 0 Å². The molecule has 0 aliphatic carbocycles. The minimum Gasteiger partial charge on any atom is -0.480 e. The van der Waals surface area contributed by atoms with Crippen molar-refractivity contribution in [2.24, 2.45) is 0 Å². The number of amides is 1. The number of aliphatic carboxylic acids is 1. The van der Waals surface area contributed by atoms with E-state index in [1.54, 1.807) is 11.8 Å². The molecule has 0 unspecified atom stereocenters. The number of rotatable bonds is 4. The van der Waals surface area contributed by atoms with Crippen LogP contribution in [0.1, 0.15) is 35.7 Å². The summed E-state index contributed by atoms with van der Waals surface area (Å²) < 4.78 is 5.44. The molecule has 23 heavy (non-hydrogen) atoms. The van der Waals surface area contributed by atoms with Gasteiger partial charge in [0, 0.05) is 5.39 Å². The number of hydrogen-bond acceptors (Lipinski definition) is 4. The molecule has 1 aromatic carbocycles. The SMILES string of the molecule is CCc1ccc2occ(C(=O)NC3(C(=O)O)CCSCC3)c2c1. The number of benzene rings is 1. The van der Waals surface area contributed by atoms with Crippen molar-refractivity contribution >= 4 is 34.6 Å². The molecule has 2 N–H and O–H groups in total. The van der Waals surface area contributed by atoms with Crippen molar-refractivity contribution in [1.29, 1.82) is 0 Å². The summed E-state index contributed by atoms with van der Waals surface area (Å²) in [6.07, 6.45) is 3.15. The molecule has 5 nitrogen and oxygen atoms in total. The standard InChI is InChI=1S/C17H19NO4S/c1-2-11-3-4-14-12(9-11)13(10-22-14)15(19)18-17(16(20)21)5-7-23-8-6-17/h3-4,9-10H,2,5-8H2,1H3,(H,18,19)(H,20,21). The highest BCUT2D eigenvalue weighted by atomic mass is 32.2. The van der Waals surface area contributed by atoms with Crippen LogP contribution in [0.15, 0.2) is 28.9 Å². The smallest absolute Gasteiger partial charge is 0.329 e. The van der Waals surface area contributed by atoms with Gasteiger partial charge in [0.1, 0.15) is 17.4 Å². The molecule has 2 aromatic rings. The van der Waals surface area contributed by atoms with E-state index in [-0.39, 0.29) is 5.91 Å². The lowest BCUT2D eigenvalue weighted by Gasteiger charge is -2.33. The summed E-state index contributed by atoms with van der Waals surface area (Å²) in [5.74, 6) is 0.122. The molecule has 0 bridgehead atoms. The number of nitrogens with one attached hydrogen (secondary N) is 1. The van der Waals surface area contributed by atoms with Gasteiger partial charge in [0.25, 0.3) is 5.91 Å². The second-order valence-corrected chi connectivity index (χ2v) is 7.01. The monoisotopic (exact) mass is 333 g/mol. The van der Waals surface area contributed by atoms with E-state index in [2.05, 4.69) is 5.32 Å². The van der Waals surface area contributed by atoms with Gasteiger partial charge < -0.3 is 14.8 Å². The Bertz CT molecular complexity index is 746. The summed E-state index contributed by atoms with van der Waals surface area (Å²) in [6, 6.07) is 5.73. The number of aryl methyl sites for hydroxylation is 1. The van der Waals surface area contributed by atoms with Crippen LogP contribution in [0.5, 0.6) is 0 Å². The van der Waals surface area contributed by atoms with E-state index in [0.717, 1.165) is 28.9 Å². The molecule has 1 fully saturated rings. The van der Waals surface area contributed by atoms with Gasteiger partial charge in [0.15, 0.2) is 0 Å². The molecule has 1 amide bonds. The molecule has 122 valence electrons. The molecule has 1 saturated heterocycles. The van der Waals surface area contributed by atoms with Gasteiger partial charge in [-0.05, 0) is 48.5 Å². The predicted molar refractivity (Wildman–Crippen MR) is 90.0 cm³/mol. The quantitative estimate of drug-likeness (QED) is 0.899. The zero-order valence-corrected chi connectivity index (χ0v) is 13.7. The molecule has 0 spiro atoms. The van der Waals surface area contributed by atoms with Crippen LogP contribution in [-0.4, -0.2) is 34.0 Å². The Balaban J connectivity index is 1.92. The van der Waals surface area contributed by atoms with Crippen molar-refractivity contribution in [3.63, 3.8) is 0 Å². The van der Waals surface area contributed by atoms with Crippen LogP contribution in [0, 0.1) is 0 Å². The van der Waals surface area contributed by atoms with E-state index < -0.39 is 11.5 Å². The van der Waals surface area contributed by atoms with Crippen molar-refractivity contribution < 1.29 is 19.1 Å². The number of furan rings is 1. The van der Waals surface area contributed by atoms with Gasteiger partial charge >= 0.3 is 5.97 Å². The Kier molecular flexibility index (Phi) is 4.35. The number of carboxylic acid groups (broad SMARTS) is 1. The highest BCUT2D eigenvalue weighted by molar-refractivity contribution is 7.99. The molecule has 1 aliphatic rings. The normalized spacial score (nSPS) is 17.1. The van der Waals surface area contributed by atoms with Crippen molar-refractivity contribution in [1.82, 2.24) is 5.32 Å². The van der Waals surface area contributed by atoms with Crippen LogP contribution in [0.3, 0.4) is 0 Å². The van der Waals surface area contributed by atoms with Crippen LogP contribution in [0.25, 0.3) is 11.0 Å². The number of carbonyl (C=O) groups excluding carboxylic acids is 1. The lowest BCUT2D eigenvalue weighted by Crippen LogP contribution is -2.56. The first-order valence-electron chi connectivity index (χ1n) is 7.69. The van der Waals surface area contributed by atoms with Crippen molar-refractivity contribution in [2.45, 2.75) is 31.7 Å². The van der Waals surface area contributed by atoms with Crippen LogP contribution in [0.4, 0.5) is 0 Å². The number of carboxylic acids is 1. The van der Waals surface area contributed by atoms with Gasteiger partial charge in [-0.2, -0.15) is 11.8 Å². The number of fused-ring (bicyclic) bond motifs is 1. The molecule has 0 atom stereocenters. The van der Waals surface area contributed by atoms with Gasteiger partial charge in [0.05, 0.1) is 5.56 Å². The first kappa shape index (κ1) is 15.9. The first-order valence-corrected chi connectivity index (χ1v) is 8.85. The van der Waals surface area contributed by atoms with Gasteiger partial charge in [-0.15, -0.1) is 0 Å². The zero-order valence-electron chi connectivity index (χ0n) is 12.9. The van der Waals surface area contributed by atoms with Crippen molar-refractivity contribution in [2.75, 3.05) is 11.5 Å². The average Bonchev–Trinajstić information content (AvgIpc) is 2.98. The molecule has 3 rings (SSSR count). The van der Waals surface area contributed by atoms with Crippen LogP contribution >= 0.6 is 11.8 Å². The third-order valence-corrected chi connectivity index (χ3v) is 5.38. The van der Waals surface area contributed by atoms with Crippen molar-refractivity contribution in [3.8, 4) is 0 Å². The average molecular weight is 333 g/mol. The number of carbonyl (C=O) groups is 2. The van der Waals surface area contributed by atoms with E-state index in [4.69, 9.17) is 4.42 Å². The molecule has 0 saturated carbocycles. The summed E-state index contributed by atoms with van der Waals surface area (Å²) >= 11 is 1.71. The molecule has 1 aromatic heterocycles. The maximum atomic E-state index is 12.7. The molecular formula is C17H19NO4S. The van der Waals surface area contributed by atoms with Crippen molar-refractivity contribution in [3.05, 3.63) is 35.6 Å². The highest BCUT2D eigenvalue weighted by Crippen LogP contribution is 2.29.